The van der Waals surface area contributed by atoms with Gasteiger partial charge in [0.25, 0.3) is 0 Å². The van der Waals surface area contributed by atoms with Crippen molar-refractivity contribution in [2.24, 2.45) is 0 Å². The molecule has 2 heterocycles. The zero-order chi connectivity index (χ0) is 37.7. The van der Waals surface area contributed by atoms with Gasteiger partial charge in [-0.1, -0.05) is 146 Å². The second-order valence-electron chi connectivity index (χ2n) is 15.0. The summed E-state index contributed by atoms with van der Waals surface area (Å²) in [6.07, 6.45) is 11.1. The molecule has 1 aliphatic heterocycles. The highest BCUT2D eigenvalue weighted by atomic mass is 15.2. The molecule has 0 amide bonds. The number of rotatable bonds is 6. The van der Waals surface area contributed by atoms with Gasteiger partial charge in [0.1, 0.15) is 0 Å². The van der Waals surface area contributed by atoms with E-state index in [9.17, 15) is 0 Å². The quantitative estimate of drug-likeness (QED) is 0.166. The van der Waals surface area contributed by atoms with E-state index < -0.39 is 0 Å². The van der Waals surface area contributed by atoms with Crippen molar-refractivity contribution in [3.8, 4) is 50.2 Å². The molecule has 1 aromatic heterocycles. The Balaban J connectivity index is 0.954. The Morgan fingerprint density at radius 2 is 0.877 bits per heavy atom. The van der Waals surface area contributed by atoms with Crippen molar-refractivity contribution in [3.05, 3.63) is 236 Å². The maximum atomic E-state index is 2.38. The standard InChI is InChI=1S/C55H38N2/c1-2-13-38(14-3-1)44-34-45(40-27-31-48(32-28-40)57-54-23-10-7-20-51(54)52-21-8-11-24-55(52)57)36-46(35-44)42-17-12-16-41(33-42)39-25-29-47(30-26-39)56-49-18-5-4-15-43(37-49)50-19-6-9-22-53(50)56/h1-37,43H. The molecular weight excluding hydrogens is 689 g/mol. The first-order chi connectivity index (χ1) is 28.2. The topological polar surface area (TPSA) is 8.17 Å². The molecule has 1 aliphatic carbocycles. The molecule has 2 nitrogen and oxygen atoms in total. The summed E-state index contributed by atoms with van der Waals surface area (Å²) < 4.78 is 2.38. The fourth-order valence-electron chi connectivity index (χ4n) is 8.82. The molecule has 2 heteroatoms. The van der Waals surface area contributed by atoms with Crippen LogP contribution in [0, 0.1) is 0 Å². The molecule has 2 aliphatic rings. The minimum absolute atomic E-state index is 0.288. The number of allylic oxidation sites excluding steroid dienone is 5. The minimum Gasteiger partial charge on any atom is -0.310 e. The van der Waals surface area contributed by atoms with E-state index in [2.05, 4.69) is 234 Å². The summed E-state index contributed by atoms with van der Waals surface area (Å²) in [6, 6.07) is 70.9. The highest BCUT2D eigenvalue weighted by Crippen LogP contribution is 2.44. The lowest BCUT2D eigenvalue weighted by Gasteiger charge is -2.33. The van der Waals surface area contributed by atoms with Gasteiger partial charge in [-0.25, -0.2) is 0 Å². The van der Waals surface area contributed by atoms with Gasteiger partial charge in [-0.05, 0) is 129 Å². The Kier molecular flexibility index (Phi) is 7.93. The summed E-state index contributed by atoms with van der Waals surface area (Å²) in [4.78, 5) is 2.38. The van der Waals surface area contributed by atoms with E-state index in [1.807, 2.05) is 0 Å². The van der Waals surface area contributed by atoms with E-state index in [0.29, 0.717) is 0 Å². The predicted molar refractivity (Wildman–Crippen MR) is 240 cm³/mol. The van der Waals surface area contributed by atoms with E-state index in [4.69, 9.17) is 0 Å². The van der Waals surface area contributed by atoms with Crippen LogP contribution in [0.25, 0.3) is 72.0 Å². The van der Waals surface area contributed by atoms with E-state index in [-0.39, 0.29) is 5.92 Å². The number of nitrogens with zero attached hydrogens (tertiary/aromatic N) is 2. The molecule has 0 radical (unpaired) electrons. The van der Waals surface area contributed by atoms with Crippen LogP contribution in [0.1, 0.15) is 11.5 Å². The van der Waals surface area contributed by atoms with Crippen LogP contribution < -0.4 is 4.90 Å². The molecule has 0 fully saturated rings. The Bertz CT molecular complexity index is 3000. The molecule has 1 atom stereocenters. The summed E-state index contributed by atoms with van der Waals surface area (Å²) in [7, 11) is 0. The number of benzene rings is 8. The summed E-state index contributed by atoms with van der Waals surface area (Å²) >= 11 is 0. The molecular formula is C55H38N2. The number of hydrogen-bond donors (Lipinski definition) is 0. The molecule has 1 unspecified atom stereocenters. The maximum Gasteiger partial charge on any atom is 0.0541 e. The molecule has 9 aromatic rings. The fraction of sp³-hybridized carbons (Fsp3) is 0.0182. The smallest absolute Gasteiger partial charge is 0.0541 e. The van der Waals surface area contributed by atoms with Crippen molar-refractivity contribution < 1.29 is 0 Å². The number of aromatic nitrogens is 1. The van der Waals surface area contributed by atoms with E-state index >= 15 is 0 Å². The van der Waals surface area contributed by atoms with Crippen LogP contribution in [0.4, 0.5) is 11.4 Å². The molecule has 0 saturated heterocycles. The van der Waals surface area contributed by atoms with Gasteiger partial charge in [0.05, 0.1) is 16.7 Å². The molecule has 0 saturated carbocycles. The van der Waals surface area contributed by atoms with Gasteiger partial charge >= 0.3 is 0 Å². The number of hydrogen-bond acceptors (Lipinski definition) is 1. The fourth-order valence-corrected chi connectivity index (χ4v) is 8.82. The number of anilines is 2. The molecule has 2 bridgehead atoms. The van der Waals surface area contributed by atoms with Crippen molar-refractivity contribution in [1.82, 2.24) is 4.57 Å². The van der Waals surface area contributed by atoms with Gasteiger partial charge in [0, 0.05) is 33.8 Å². The Morgan fingerprint density at radius 1 is 0.368 bits per heavy atom. The monoisotopic (exact) mass is 726 g/mol. The highest BCUT2D eigenvalue weighted by molar-refractivity contribution is 6.09. The molecule has 268 valence electrons. The summed E-state index contributed by atoms with van der Waals surface area (Å²) in [6.45, 7) is 0. The van der Waals surface area contributed by atoms with Gasteiger partial charge in [0.15, 0.2) is 0 Å². The third-order valence-electron chi connectivity index (χ3n) is 11.6. The summed E-state index contributed by atoms with van der Waals surface area (Å²) in [5, 5.41) is 2.54. The average Bonchev–Trinajstić information content (AvgIpc) is 3.47. The van der Waals surface area contributed by atoms with Gasteiger partial charge in [-0.15, -0.1) is 0 Å². The summed E-state index contributed by atoms with van der Waals surface area (Å²) in [5.74, 6) is 0.288. The molecule has 57 heavy (non-hydrogen) atoms. The Morgan fingerprint density at radius 3 is 1.58 bits per heavy atom. The van der Waals surface area contributed by atoms with Crippen LogP contribution in [0.2, 0.25) is 0 Å². The normalized spacial score (nSPS) is 14.4. The second-order valence-corrected chi connectivity index (χ2v) is 15.0. The zero-order valence-electron chi connectivity index (χ0n) is 31.3. The molecule has 11 rings (SSSR count). The van der Waals surface area contributed by atoms with Gasteiger partial charge < -0.3 is 9.47 Å². The van der Waals surface area contributed by atoms with E-state index in [1.54, 1.807) is 0 Å². The van der Waals surface area contributed by atoms with Crippen molar-refractivity contribution >= 4 is 33.2 Å². The third-order valence-corrected chi connectivity index (χ3v) is 11.6. The zero-order valence-corrected chi connectivity index (χ0v) is 31.3. The van der Waals surface area contributed by atoms with E-state index in [0.717, 1.165) is 11.4 Å². The first-order valence-electron chi connectivity index (χ1n) is 19.7. The first-order valence-corrected chi connectivity index (χ1v) is 19.7. The minimum atomic E-state index is 0.288. The Labute approximate surface area is 333 Å². The summed E-state index contributed by atoms with van der Waals surface area (Å²) in [5.41, 5.74) is 18.1. The Hall–Kier alpha value is -7.42. The van der Waals surface area contributed by atoms with Crippen LogP contribution in [0.5, 0.6) is 0 Å². The van der Waals surface area contributed by atoms with Crippen LogP contribution in [0.15, 0.2) is 230 Å². The lowest BCUT2D eigenvalue weighted by atomic mass is 9.91. The van der Waals surface area contributed by atoms with Gasteiger partial charge in [-0.3, -0.25) is 0 Å². The van der Waals surface area contributed by atoms with Crippen LogP contribution in [-0.2, 0) is 0 Å². The molecule has 0 spiro atoms. The number of fused-ring (bicyclic) bond motifs is 6. The highest BCUT2D eigenvalue weighted by Gasteiger charge is 2.25. The van der Waals surface area contributed by atoms with Crippen molar-refractivity contribution in [2.45, 2.75) is 5.92 Å². The second kappa shape index (κ2) is 13.7. The number of para-hydroxylation sites is 3. The maximum absolute atomic E-state index is 2.38. The average molecular weight is 727 g/mol. The lowest BCUT2D eigenvalue weighted by molar-refractivity contribution is 0.998. The lowest BCUT2D eigenvalue weighted by Crippen LogP contribution is -2.21. The van der Waals surface area contributed by atoms with Crippen LogP contribution >= 0.6 is 0 Å². The predicted octanol–water partition coefficient (Wildman–Crippen LogP) is 14.7. The van der Waals surface area contributed by atoms with Crippen molar-refractivity contribution in [3.63, 3.8) is 0 Å². The van der Waals surface area contributed by atoms with Crippen molar-refractivity contribution in [1.29, 1.82) is 0 Å². The SMILES string of the molecule is C1=CC2=CC(C=C1)c1ccccc1N2c1ccc(-c2cccc(-c3cc(-c4ccccc4)cc(-c4ccc(-n5c6ccccc6c6ccccc65)cc4)c3)c2)cc1. The van der Waals surface area contributed by atoms with Crippen LogP contribution in [0.3, 0.4) is 0 Å². The largest absolute Gasteiger partial charge is 0.310 e. The van der Waals surface area contributed by atoms with Gasteiger partial charge in [-0.2, -0.15) is 0 Å². The van der Waals surface area contributed by atoms with Gasteiger partial charge in [0.2, 0.25) is 0 Å². The van der Waals surface area contributed by atoms with E-state index in [1.165, 1.54) is 83.3 Å². The molecule has 8 aromatic carbocycles. The van der Waals surface area contributed by atoms with Crippen LogP contribution in [-0.4, -0.2) is 4.57 Å². The molecule has 0 N–H and O–H groups in total. The first kappa shape index (κ1) is 33.0. The third kappa shape index (κ3) is 5.82. The van der Waals surface area contributed by atoms with Crippen molar-refractivity contribution in [2.75, 3.05) is 4.90 Å².